The summed E-state index contributed by atoms with van der Waals surface area (Å²) in [6.07, 6.45) is 1.58. The van der Waals surface area contributed by atoms with Crippen molar-refractivity contribution in [2.45, 2.75) is 13.5 Å². The lowest BCUT2D eigenvalue weighted by molar-refractivity contribution is 0.0953. The second-order valence-electron chi connectivity index (χ2n) is 6.16. The van der Waals surface area contributed by atoms with E-state index in [1.807, 2.05) is 11.5 Å². The fourth-order valence-corrected chi connectivity index (χ4v) is 4.03. The molecular weight excluding hydrogens is 385 g/mol. The third-order valence-electron chi connectivity index (χ3n) is 4.50. The molecule has 3 N–H and O–H groups in total. The minimum Gasteiger partial charge on any atom is -0.290 e. The summed E-state index contributed by atoms with van der Waals surface area (Å²) in [6, 6.07) is 9.00. The summed E-state index contributed by atoms with van der Waals surface area (Å²) >= 11 is 0. The molecule has 148 valence electrons. The normalized spacial score (nSPS) is 11.6. The maximum absolute atomic E-state index is 14.6. The summed E-state index contributed by atoms with van der Waals surface area (Å²) in [7, 11) is -1.96. The number of carbonyl (C=O) groups excluding carboxylic acids is 1. The van der Waals surface area contributed by atoms with Gasteiger partial charge in [0.05, 0.1) is 29.7 Å². The highest BCUT2D eigenvalue weighted by Gasteiger charge is 2.25. The van der Waals surface area contributed by atoms with Gasteiger partial charge in [-0.1, -0.05) is 12.1 Å². The molecule has 10 heteroatoms. The van der Waals surface area contributed by atoms with E-state index in [0.717, 1.165) is 15.9 Å². The van der Waals surface area contributed by atoms with Gasteiger partial charge in [-0.25, -0.2) is 18.7 Å². The standard InChI is InChI=1S/C18H20FN5O3S/c1-3-28(26,27)24(17-6-4-5-16-14(17)10-21-23(16)2)11-13-8-7-12(9-15(13)19)18(25)22-20/h4-10H,3,11,20H2,1-2H3,(H,22,25). The minimum atomic E-state index is -3.71. The Morgan fingerprint density at radius 2 is 2.07 bits per heavy atom. The van der Waals surface area contributed by atoms with Crippen LogP contribution in [-0.2, 0) is 23.6 Å². The third-order valence-corrected chi connectivity index (χ3v) is 6.23. The first-order chi connectivity index (χ1) is 13.3. The van der Waals surface area contributed by atoms with Crippen LogP contribution in [-0.4, -0.2) is 29.9 Å². The predicted molar refractivity (Wildman–Crippen MR) is 104 cm³/mol. The molecule has 8 nitrogen and oxygen atoms in total. The van der Waals surface area contributed by atoms with Crippen molar-refractivity contribution in [1.29, 1.82) is 0 Å². The van der Waals surface area contributed by atoms with Crippen molar-refractivity contribution in [2.24, 2.45) is 12.9 Å². The van der Waals surface area contributed by atoms with Crippen LogP contribution in [0.3, 0.4) is 0 Å². The van der Waals surface area contributed by atoms with Crippen molar-refractivity contribution in [3.05, 3.63) is 59.5 Å². The average Bonchev–Trinajstić information content (AvgIpc) is 3.07. The van der Waals surface area contributed by atoms with E-state index in [0.29, 0.717) is 11.1 Å². The topological polar surface area (TPSA) is 110 Å². The van der Waals surface area contributed by atoms with Crippen molar-refractivity contribution in [3.8, 4) is 0 Å². The van der Waals surface area contributed by atoms with Crippen LogP contribution in [0.15, 0.2) is 42.6 Å². The van der Waals surface area contributed by atoms with Crippen LogP contribution in [0.25, 0.3) is 10.9 Å². The first-order valence-corrected chi connectivity index (χ1v) is 10.1. The van der Waals surface area contributed by atoms with Crippen LogP contribution < -0.4 is 15.6 Å². The van der Waals surface area contributed by atoms with Gasteiger partial charge in [0.15, 0.2) is 0 Å². The monoisotopic (exact) mass is 405 g/mol. The molecule has 2 aromatic carbocycles. The molecule has 0 saturated heterocycles. The van der Waals surface area contributed by atoms with Gasteiger partial charge in [0.2, 0.25) is 10.0 Å². The highest BCUT2D eigenvalue weighted by molar-refractivity contribution is 7.92. The fraction of sp³-hybridized carbons (Fsp3) is 0.222. The van der Waals surface area contributed by atoms with Gasteiger partial charge in [-0.05, 0) is 31.2 Å². The molecule has 0 aliphatic carbocycles. The number of nitrogens with zero attached hydrogens (tertiary/aromatic N) is 3. The number of rotatable bonds is 6. The number of hydrogen-bond donors (Lipinski definition) is 2. The molecule has 0 aliphatic rings. The van der Waals surface area contributed by atoms with E-state index in [9.17, 15) is 17.6 Å². The lowest BCUT2D eigenvalue weighted by Gasteiger charge is -2.25. The Bertz CT molecular complexity index is 1140. The Hall–Kier alpha value is -2.98. The summed E-state index contributed by atoms with van der Waals surface area (Å²) in [6.45, 7) is 1.30. The van der Waals surface area contributed by atoms with Crippen molar-refractivity contribution < 1.29 is 17.6 Å². The van der Waals surface area contributed by atoms with Crippen molar-refractivity contribution >= 4 is 32.5 Å². The number of nitrogen functional groups attached to an aromatic ring is 1. The Morgan fingerprint density at radius 1 is 1.32 bits per heavy atom. The van der Waals surface area contributed by atoms with Crippen LogP contribution in [0.1, 0.15) is 22.8 Å². The molecule has 0 fully saturated rings. The third kappa shape index (κ3) is 3.56. The van der Waals surface area contributed by atoms with Gasteiger partial charge in [-0.15, -0.1) is 0 Å². The summed E-state index contributed by atoms with van der Waals surface area (Å²) < 4.78 is 42.9. The van der Waals surface area contributed by atoms with Gasteiger partial charge in [-0.3, -0.25) is 19.2 Å². The van der Waals surface area contributed by atoms with E-state index < -0.39 is 21.7 Å². The SMILES string of the molecule is CCS(=O)(=O)N(Cc1ccc(C(=O)NN)cc1F)c1cccc2c1cnn2C. The quantitative estimate of drug-likeness (QED) is 0.368. The lowest BCUT2D eigenvalue weighted by atomic mass is 10.1. The first kappa shape index (κ1) is 19.8. The zero-order valence-corrected chi connectivity index (χ0v) is 16.2. The zero-order chi connectivity index (χ0) is 20.5. The fourth-order valence-electron chi connectivity index (χ4n) is 2.92. The second-order valence-corrected chi connectivity index (χ2v) is 8.35. The van der Waals surface area contributed by atoms with E-state index in [1.165, 1.54) is 19.1 Å². The molecule has 3 rings (SSSR count). The van der Waals surface area contributed by atoms with Gasteiger partial charge >= 0.3 is 0 Å². The number of aryl methyl sites for hydroxylation is 1. The summed E-state index contributed by atoms with van der Waals surface area (Å²) in [5.74, 6) is 3.57. The minimum absolute atomic E-state index is 0.0445. The maximum Gasteiger partial charge on any atom is 0.265 e. The van der Waals surface area contributed by atoms with Crippen molar-refractivity contribution in [3.63, 3.8) is 0 Å². The zero-order valence-electron chi connectivity index (χ0n) is 15.4. The smallest absolute Gasteiger partial charge is 0.265 e. The van der Waals surface area contributed by atoms with Crippen molar-refractivity contribution in [2.75, 3.05) is 10.1 Å². The van der Waals surface area contributed by atoms with E-state index in [2.05, 4.69) is 5.10 Å². The summed E-state index contributed by atoms with van der Waals surface area (Å²) in [5, 5.41) is 4.82. The molecule has 3 aromatic rings. The molecule has 0 radical (unpaired) electrons. The van der Waals surface area contributed by atoms with Crippen LogP contribution in [0.5, 0.6) is 0 Å². The molecule has 0 atom stereocenters. The van der Waals surface area contributed by atoms with Gasteiger partial charge in [0, 0.05) is 23.6 Å². The maximum atomic E-state index is 14.6. The molecule has 0 saturated carbocycles. The molecule has 28 heavy (non-hydrogen) atoms. The first-order valence-electron chi connectivity index (χ1n) is 8.49. The molecule has 1 aromatic heterocycles. The van der Waals surface area contributed by atoms with E-state index in [4.69, 9.17) is 5.84 Å². The second kappa shape index (κ2) is 7.56. The Balaban J connectivity index is 2.09. The molecule has 1 amide bonds. The van der Waals surface area contributed by atoms with Crippen LogP contribution in [0, 0.1) is 5.82 Å². The Labute approximate surface area is 161 Å². The van der Waals surface area contributed by atoms with Crippen LogP contribution >= 0.6 is 0 Å². The number of carbonyl (C=O) groups is 1. The number of sulfonamides is 1. The summed E-state index contributed by atoms with van der Waals surface area (Å²) in [5.41, 5.74) is 3.27. The van der Waals surface area contributed by atoms with Gasteiger partial charge in [-0.2, -0.15) is 5.10 Å². The van der Waals surface area contributed by atoms with E-state index >= 15 is 0 Å². The molecule has 0 aliphatic heterocycles. The predicted octanol–water partition coefficient (Wildman–Crippen LogP) is 1.67. The number of nitrogens with one attached hydrogen (secondary N) is 1. The number of halogens is 1. The molecule has 0 spiro atoms. The van der Waals surface area contributed by atoms with Crippen molar-refractivity contribution in [1.82, 2.24) is 15.2 Å². The number of hydrazine groups is 1. The Morgan fingerprint density at radius 3 is 2.71 bits per heavy atom. The number of hydrogen-bond acceptors (Lipinski definition) is 5. The number of nitrogens with two attached hydrogens (primary N) is 1. The Kier molecular flexibility index (Phi) is 5.34. The number of anilines is 1. The molecule has 1 heterocycles. The van der Waals surface area contributed by atoms with E-state index in [1.54, 1.807) is 30.1 Å². The number of benzene rings is 2. The molecule has 0 unspecified atom stereocenters. The van der Waals surface area contributed by atoms with Crippen LogP contribution in [0.2, 0.25) is 0 Å². The highest BCUT2D eigenvalue weighted by atomic mass is 32.2. The average molecular weight is 405 g/mol. The molecule has 0 bridgehead atoms. The highest BCUT2D eigenvalue weighted by Crippen LogP contribution is 2.30. The summed E-state index contributed by atoms with van der Waals surface area (Å²) in [4.78, 5) is 11.6. The van der Waals surface area contributed by atoms with E-state index in [-0.39, 0.29) is 23.4 Å². The van der Waals surface area contributed by atoms with Gasteiger partial charge < -0.3 is 0 Å². The number of fused-ring (bicyclic) bond motifs is 1. The van der Waals surface area contributed by atoms with Gasteiger partial charge in [0.25, 0.3) is 5.91 Å². The largest absolute Gasteiger partial charge is 0.290 e. The number of aromatic nitrogens is 2. The number of amides is 1. The lowest BCUT2D eigenvalue weighted by Crippen LogP contribution is -2.32. The van der Waals surface area contributed by atoms with Gasteiger partial charge in [0.1, 0.15) is 5.82 Å². The molecular formula is C18H20FN5O3S. The van der Waals surface area contributed by atoms with Crippen LogP contribution in [0.4, 0.5) is 10.1 Å².